The summed E-state index contributed by atoms with van der Waals surface area (Å²) < 4.78 is 37.1. The number of nitrogens with one attached hydrogen (secondary N) is 3. The first-order valence-corrected chi connectivity index (χ1v) is 10.2. The molecular weight excluding hydrogens is 443 g/mol. The van der Waals surface area contributed by atoms with Crippen LogP contribution in [0.3, 0.4) is 0 Å². The second kappa shape index (κ2) is 9.98. The number of hydrogen-bond donors (Lipinski definition) is 4. The van der Waals surface area contributed by atoms with Crippen LogP contribution in [0.2, 0.25) is 0 Å². The number of nitrogens with two attached hydrogens (primary N) is 1. The first-order valence-electron chi connectivity index (χ1n) is 10.2. The fraction of sp³-hybridized carbons (Fsp3) is 0.450. The van der Waals surface area contributed by atoms with Crippen LogP contribution >= 0.6 is 0 Å². The molecule has 2 aromatic rings. The van der Waals surface area contributed by atoms with Gasteiger partial charge >= 0.3 is 18.1 Å². The Balaban J connectivity index is 1.87. The minimum absolute atomic E-state index is 0.0485. The summed E-state index contributed by atoms with van der Waals surface area (Å²) in [6.07, 6.45) is -1.55. The Morgan fingerprint density at radius 3 is 2.48 bits per heavy atom. The lowest BCUT2D eigenvalue weighted by atomic mass is 9.91. The van der Waals surface area contributed by atoms with Crippen LogP contribution in [0.15, 0.2) is 18.2 Å². The van der Waals surface area contributed by atoms with Gasteiger partial charge in [0.1, 0.15) is 5.82 Å². The number of nitrogens with zero attached hydrogens (tertiary/aromatic N) is 3. The van der Waals surface area contributed by atoms with Crippen LogP contribution in [-0.2, 0) is 9.63 Å². The van der Waals surface area contributed by atoms with Gasteiger partial charge in [0.25, 0.3) is 0 Å². The summed E-state index contributed by atoms with van der Waals surface area (Å²) in [6.45, 7) is 3.64. The van der Waals surface area contributed by atoms with Crippen LogP contribution < -0.4 is 21.8 Å². The molecule has 0 bridgehead atoms. The number of aromatic nitrogens is 3. The van der Waals surface area contributed by atoms with Crippen molar-refractivity contribution in [1.82, 2.24) is 20.7 Å². The molecule has 1 aliphatic rings. The SMILES string of the molecule is Cc1cc(C)nc(Nc2cc(N[C@@H]3CCCC[C@@H]3N)nnc2C(=O)NOC(=O)C(F)(F)F)c1. The van der Waals surface area contributed by atoms with E-state index in [1.807, 2.05) is 13.0 Å². The van der Waals surface area contributed by atoms with E-state index in [-0.39, 0.29) is 17.8 Å². The number of rotatable bonds is 5. The highest BCUT2D eigenvalue weighted by Gasteiger charge is 2.42. The Hall–Kier alpha value is -3.48. The molecule has 2 heterocycles. The normalized spacial score (nSPS) is 18.4. The van der Waals surface area contributed by atoms with Gasteiger partial charge in [-0.1, -0.05) is 12.8 Å². The maximum Gasteiger partial charge on any atom is 0.493 e. The maximum atomic E-state index is 12.4. The predicted molar refractivity (Wildman–Crippen MR) is 112 cm³/mol. The largest absolute Gasteiger partial charge is 0.493 e. The number of anilines is 3. The van der Waals surface area contributed by atoms with Gasteiger partial charge in [-0.25, -0.2) is 9.78 Å². The number of hydroxylamine groups is 1. The van der Waals surface area contributed by atoms with Crippen molar-refractivity contribution in [3.63, 3.8) is 0 Å². The highest BCUT2D eigenvalue weighted by molar-refractivity contribution is 5.98. The Morgan fingerprint density at radius 2 is 1.82 bits per heavy atom. The average Bonchev–Trinajstić information content (AvgIpc) is 2.72. The summed E-state index contributed by atoms with van der Waals surface area (Å²) in [6, 6.07) is 4.89. The van der Waals surface area contributed by atoms with Crippen molar-refractivity contribution in [1.29, 1.82) is 0 Å². The van der Waals surface area contributed by atoms with Crippen LogP contribution in [0.25, 0.3) is 0 Å². The number of pyridine rings is 1. The monoisotopic (exact) mass is 467 g/mol. The molecule has 1 aliphatic carbocycles. The van der Waals surface area contributed by atoms with Crippen molar-refractivity contribution in [2.75, 3.05) is 10.6 Å². The van der Waals surface area contributed by atoms with E-state index in [9.17, 15) is 22.8 Å². The number of carbonyl (C=O) groups is 2. The zero-order valence-electron chi connectivity index (χ0n) is 18.0. The topological polar surface area (TPSA) is 144 Å². The van der Waals surface area contributed by atoms with Crippen LogP contribution in [-0.4, -0.2) is 45.3 Å². The first kappa shape index (κ1) is 24.2. The van der Waals surface area contributed by atoms with E-state index >= 15 is 0 Å². The molecule has 2 atom stereocenters. The van der Waals surface area contributed by atoms with Crippen molar-refractivity contribution in [3.05, 3.63) is 35.2 Å². The zero-order valence-corrected chi connectivity index (χ0v) is 18.0. The second-order valence-corrected chi connectivity index (χ2v) is 7.81. The van der Waals surface area contributed by atoms with E-state index in [0.29, 0.717) is 17.3 Å². The maximum absolute atomic E-state index is 12.4. The summed E-state index contributed by atoms with van der Waals surface area (Å²) >= 11 is 0. The third-order valence-electron chi connectivity index (χ3n) is 4.99. The molecule has 1 fully saturated rings. The van der Waals surface area contributed by atoms with E-state index in [2.05, 4.69) is 30.7 Å². The first-order chi connectivity index (χ1) is 15.5. The molecule has 33 heavy (non-hydrogen) atoms. The molecule has 10 nitrogen and oxygen atoms in total. The summed E-state index contributed by atoms with van der Waals surface area (Å²) in [5.74, 6) is -3.08. The fourth-order valence-corrected chi connectivity index (χ4v) is 3.50. The molecule has 0 radical (unpaired) electrons. The third kappa shape index (κ3) is 6.51. The highest BCUT2D eigenvalue weighted by atomic mass is 19.4. The molecule has 5 N–H and O–H groups in total. The van der Waals surface area contributed by atoms with E-state index in [4.69, 9.17) is 5.73 Å². The summed E-state index contributed by atoms with van der Waals surface area (Å²) in [5, 5.41) is 13.9. The number of hydrogen-bond acceptors (Lipinski definition) is 9. The van der Waals surface area contributed by atoms with Gasteiger partial charge in [-0.05, 0) is 44.4 Å². The van der Waals surface area contributed by atoms with Gasteiger partial charge in [-0.2, -0.15) is 18.7 Å². The van der Waals surface area contributed by atoms with E-state index in [1.165, 1.54) is 11.5 Å². The molecule has 178 valence electrons. The van der Waals surface area contributed by atoms with Gasteiger partial charge in [-0.3, -0.25) is 4.79 Å². The molecule has 1 saturated carbocycles. The lowest BCUT2D eigenvalue weighted by molar-refractivity contribution is -0.204. The molecule has 0 spiro atoms. The van der Waals surface area contributed by atoms with Gasteiger partial charge in [0.15, 0.2) is 11.5 Å². The van der Waals surface area contributed by atoms with Crippen molar-refractivity contribution in [2.24, 2.45) is 5.73 Å². The Labute approximate surface area is 187 Å². The fourth-order valence-electron chi connectivity index (χ4n) is 3.50. The van der Waals surface area contributed by atoms with Crippen LogP contribution in [0.5, 0.6) is 0 Å². The van der Waals surface area contributed by atoms with Crippen LogP contribution in [0, 0.1) is 13.8 Å². The minimum Gasteiger partial charge on any atom is -0.364 e. The minimum atomic E-state index is -5.27. The summed E-state index contributed by atoms with van der Waals surface area (Å²) in [5.41, 5.74) is 8.90. The molecule has 0 unspecified atom stereocenters. The second-order valence-electron chi connectivity index (χ2n) is 7.81. The number of carbonyl (C=O) groups excluding carboxylic acids is 2. The third-order valence-corrected chi connectivity index (χ3v) is 4.99. The smallest absolute Gasteiger partial charge is 0.364 e. The zero-order chi connectivity index (χ0) is 24.2. The Bertz CT molecular complexity index is 1010. The van der Waals surface area contributed by atoms with Crippen LogP contribution in [0.4, 0.5) is 30.5 Å². The molecule has 1 amide bonds. The number of aryl methyl sites for hydroxylation is 2. The lowest BCUT2D eigenvalue weighted by Gasteiger charge is -2.29. The highest BCUT2D eigenvalue weighted by Crippen LogP contribution is 2.25. The summed E-state index contributed by atoms with van der Waals surface area (Å²) in [7, 11) is 0. The number of halogens is 3. The van der Waals surface area contributed by atoms with Crippen LogP contribution in [0.1, 0.15) is 47.4 Å². The van der Waals surface area contributed by atoms with Crippen molar-refractivity contribution in [2.45, 2.75) is 57.8 Å². The quantitative estimate of drug-likeness (QED) is 0.488. The van der Waals surface area contributed by atoms with Gasteiger partial charge < -0.3 is 21.2 Å². The molecule has 13 heteroatoms. The molecule has 0 aliphatic heterocycles. The molecular formula is C20H24F3N7O3. The molecule has 0 saturated heterocycles. The van der Waals surface area contributed by atoms with Crippen molar-refractivity contribution < 1.29 is 27.6 Å². The van der Waals surface area contributed by atoms with Gasteiger partial charge in [0, 0.05) is 23.8 Å². The van der Waals surface area contributed by atoms with Gasteiger partial charge in [-0.15, -0.1) is 10.2 Å². The summed E-state index contributed by atoms with van der Waals surface area (Å²) in [4.78, 5) is 31.5. The lowest BCUT2D eigenvalue weighted by Crippen LogP contribution is -2.42. The van der Waals surface area contributed by atoms with E-state index in [0.717, 1.165) is 31.2 Å². The molecule has 3 rings (SSSR count). The van der Waals surface area contributed by atoms with Crippen molar-refractivity contribution in [3.8, 4) is 0 Å². The predicted octanol–water partition coefficient (Wildman–Crippen LogP) is 2.66. The molecule has 0 aromatic carbocycles. The van der Waals surface area contributed by atoms with Crippen molar-refractivity contribution >= 4 is 29.2 Å². The standard InChI is InChI=1S/C20H24F3N7O3/c1-10-7-11(2)25-15(8-10)27-14-9-16(26-13-6-4-3-5-12(13)24)28-29-17(14)18(31)30-33-19(32)20(21,22)23/h7-9,12-13H,3-6,24H2,1-2H3,(H,30,31)(H2,25,26,27,28)/t12-,13+/m0/s1. The molecule has 2 aromatic heterocycles. The van der Waals surface area contributed by atoms with E-state index < -0.39 is 23.7 Å². The number of alkyl halides is 3. The van der Waals surface area contributed by atoms with Gasteiger partial charge in [0.05, 0.1) is 5.69 Å². The number of amides is 1. The van der Waals surface area contributed by atoms with Gasteiger partial charge in [0.2, 0.25) is 0 Å². The average molecular weight is 467 g/mol. The Morgan fingerprint density at radius 1 is 1.09 bits per heavy atom. The Kier molecular flexibility index (Phi) is 7.31. The van der Waals surface area contributed by atoms with E-state index in [1.54, 1.807) is 13.0 Å².